The summed E-state index contributed by atoms with van der Waals surface area (Å²) in [5, 5.41) is 6.98. The van der Waals surface area contributed by atoms with Gasteiger partial charge in [0.15, 0.2) is 5.13 Å². The van der Waals surface area contributed by atoms with E-state index in [0.29, 0.717) is 19.1 Å². The van der Waals surface area contributed by atoms with E-state index < -0.39 is 0 Å². The number of nitrogens with zero attached hydrogens (tertiary/aromatic N) is 1. The summed E-state index contributed by atoms with van der Waals surface area (Å²) < 4.78 is 5.75. The second-order valence-corrected chi connectivity index (χ2v) is 6.80. The number of amides is 1. The molecular weight excluding hydrogens is 286 g/mol. The number of aromatic nitrogens is 1. The third-order valence-electron chi connectivity index (χ3n) is 4.06. The lowest BCUT2D eigenvalue weighted by Crippen LogP contribution is -2.33. The summed E-state index contributed by atoms with van der Waals surface area (Å²) in [5.74, 6) is 0.00929. The van der Waals surface area contributed by atoms with Gasteiger partial charge >= 0.3 is 0 Å². The van der Waals surface area contributed by atoms with Crippen LogP contribution >= 0.6 is 11.3 Å². The summed E-state index contributed by atoms with van der Waals surface area (Å²) in [6, 6.07) is 0. The smallest absolute Gasteiger partial charge is 0.228 e. The molecule has 1 aromatic rings. The van der Waals surface area contributed by atoms with Gasteiger partial charge in [0, 0.05) is 4.88 Å². The van der Waals surface area contributed by atoms with Crippen molar-refractivity contribution in [2.45, 2.75) is 51.0 Å². The minimum Gasteiger partial charge on any atom is -0.378 e. The number of thiazole rings is 1. The number of carbonyl (C=O) groups is 1. The fraction of sp³-hybridized carbons (Fsp3) is 0.733. The Balaban J connectivity index is 1.40. The molecular formula is C15H23N3O2S. The Labute approximate surface area is 129 Å². The zero-order chi connectivity index (χ0) is 14.5. The molecule has 1 aliphatic heterocycles. The number of piperidine rings is 1. The van der Waals surface area contributed by atoms with Gasteiger partial charge in [-0.25, -0.2) is 4.98 Å². The van der Waals surface area contributed by atoms with Crippen molar-refractivity contribution in [2.75, 3.05) is 25.0 Å². The molecule has 1 fully saturated rings. The lowest BCUT2D eigenvalue weighted by molar-refractivity contribution is -0.117. The van der Waals surface area contributed by atoms with E-state index in [-0.39, 0.29) is 5.91 Å². The molecule has 0 saturated carbocycles. The largest absolute Gasteiger partial charge is 0.378 e. The molecule has 2 N–H and O–H groups in total. The molecule has 0 radical (unpaired) electrons. The van der Waals surface area contributed by atoms with Gasteiger partial charge in [0.1, 0.15) is 0 Å². The number of hydrogen-bond acceptors (Lipinski definition) is 5. The Morgan fingerprint density at radius 2 is 2.14 bits per heavy atom. The SMILES string of the molecule is O=C(CCOC1CCNCC1)Nc1nc2c(s1)CCCC2. The Morgan fingerprint density at radius 1 is 1.33 bits per heavy atom. The van der Waals surface area contributed by atoms with Gasteiger partial charge in [-0.3, -0.25) is 4.79 Å². The third kappa shape index (κ3) is 4.25. The molecule has 2 aliphatic rings. The molecule has 1 saturated heterocycles. The van der Waals surface area contributed by atoms with Crippen LogP contribution < -0.4 is 10.6 Å². The molecule has 0 aromatic carbocycles. The molecule has 1 amide bonds. The van der Waals surface area contributed by atoms with Gasteiger partial charge in [0.2, 0.25) is 5.91 Å². The molecule has 116 valence electrons. The Bertz CT molecular complexity index is 460. The number of carbonyl (C=O) groups excluding carboxylic acids is 1. The predicted molar refractivity (Wildman–Crippen MR) is 83.8 cm³/mol. The van der Waals surface area contributed by atoms with Gasteiger partial charge in [0.25, 0.3) is 0 Å². The van der Waals surface area contributed by atoms with E-state index >= 15 is 0 Å². The first-order chi connectivity index (χ1) is 10.3. The van der Waals surface area contributed by atoms with Gasteiger partial charge in [-0.2, -0.15) is 0 Å². The van der Waals surface area contributed by atoms with Crippen molar-refractivity contribution in [1.82, 2.24) is 10.3 Å². The highest BCUT2D eigenvalue weighted by Crippen LogP contribution is 2.29. The summed E-state index contributed by atoms with van der Waals surface area (Å²) in [6.45, 7) is 2.53. The monoisotopic (exact) mass is 309 g/mol. The maximum atomic E-state index is 11.9. The van der Waals surface area contributed by atoms with Gasteiger partial charge < -0.3 is 15.4 Å². The van der Waals surface area contributed by atoms with Crippen LogP contribution in [0, 0.1) is 0 Å². The zero-order valence-electron chi connectivity index (χ0n) is 12.3. The molecule has 2 heterocycles. The Morgan fingerprint density at radius 3 is 2.95 bits per heavy atom. The predicted octanol–water partition coefficient (Wildman–Crippen LogP) is 2.12. The Kier molecular flexibility index (Phi) is 5.22. The maximum absolute atomic E-state index is 11.9. The van der Waals surface area contributed by atoms with Crippen molar-refractivity contribution in [3.8, 4) is 0 Å². The molecule has 0 bridgehead atoms. The highest BCUT2D eigenvalue weighted by atomic mass is 32.1. The number of anilines is 1. The normalized spacial score (nSPS) is 19.2. The van der Waals surface area contributed by atoms with E-state index in [9.17, 15) is 4.79 Å². The second-order valence-electron chi connectivity index (χ2n) is 5.71. The fourth-order valence-electron chi connectivity index (χ4n) is 2.87. The maximum Gasteiger partial charge on any atom is 0.228 e. The van der Waals surface area contributed by atoms with Crippen molar-refractivity contribution in [2.24, 2.45) is 0 Å². The summed E-state index contributed by atoms with van der Waals surface area (Å²) >= 11 is 1.63. The first-order valence-electron chi connectivity index (χ1n) is 7.92. The van der Waals surface area contributed by atoms with Crippen LogP contribution in [0.15, 0.2) is 0 Å². The second kappa shape index (κ2) is 7.33. The minimum atomic E-state index is 0.00929. The van der Waals surface area contributed by atoms with Crippen LogP contribution in [-0.4, -0.2) is 36.7 Å². The van der Waals surface area contributed by atoms with Gasteiger partial charge in [-0.1, -0.05) is 0 Å². The van der Waals surface area contributed by atoms with Crippen LogP contribution in [-0.2, 0) is 22.4 Å². The average molecular weight is 309 g/mol. The molecule has 0 unspecified atom stereocenters. The topological polar surface area (TPSA) is 63.2 Å². The van der Waals surface area contributed by atoms with Gasteiger partial charge in [0.05, 0.1) is 24.8 Å². The molecule has 3 rings (SSSR count). The van der Waals surface area contributed by atoms with Crippen LogP contribution in [0.2, 0.25) is 0 Å². The van der Waals surface area contributed by atoms with E-state index in [1.54, 1.807) is 11.3 Å². The molecule has 1 aromatic heterocycles. The standard InChI is InChI=1S/C15H23N3O2S/c19-14(7-10-20-11-5-8-16-9-6-11)18-15-17-12-3-1-2-4-13(12)21-15/h11,16H,1-10H2,(H,17,18,19). The lowest BCUT2D eigenvalue weighted by Gasteiger charge is -2.22. The minimum absolute atomic E-state index is 0.00929. The number of rotatable bonds is 5. The van der Waals surface area contributed by atoms with E-state index in [4.69, 9.17) is 4.74 Å². The first-order valence-corrected chi connectivity index (χ1v) is 8.73. The first kappa shape index (κ1) is 14.9. The molecule has 0 spiro atoms. The summed E-state index contributed by atoms with van der Waals surface area (Å²) in [5.41, 5.74) is 1.19. The van der Waals surface area contributed by atoms with E-state index in [2.05, 4.69) is 15.6 Å². The van der Waals surface area contributed by atoms with Gasteiger partial charge in [-0.05, 0) is 51.6 Å². The quantitative estimate of drug-likeness (QED) is 0.874. The van der Waals surface area contributed by atoms with Gasteiger partial charge in [-0.15, -0.1) is 11.3 Å². The van der Waals surface area contributed by atoms with E-state index in [1.165, 1.54) is 23.4 Å². The summed E-state index contributed by atoms with van der Waals surface area (Å²) in [4.78, 5) is 17.8. The Hall–Kier alpha value is -0.980. The van der Waals surface area contributed by atoms with E-state index in [0.717, 1.165) is 43.9 Å². The van der Waals surface area contributed by atoms with Crippen LogP contribution in [0.25, 0.3) is 0 Å². The number of fused-ring (bicyclic) bond motifs is 1. The zero-order valence-corrected chi connectivity index (χ0v) is 13.1. The molecule has 0 atom stereocenters. The lowest BCUT2D eigenvalue weighted by atomic mass is 10.0. The highest BCUT2D eigenvalue weighted by Gasteiger charge is 2.17. The van der Waals surface area contributed by atoms with Crippen LogP contribution in [0.4, 0.5) is 5.13 Å². The van der Waals surface area contributed by atoms with Crippen LogP contribution in [0.1, 0.15) is 42.7 Å². The number of ether oxygens (including phenoxy) is 1. The summed E-state index contributed by atoms with van der Waals surface area (Å²) in [7, 11) is 0. The highest BCUT2D eigenvalue weighted by molar-refractivity contribution is 7.15. The van der Waals surface area contributed by atoms with Crippen molar-refractivity contribution < 1.29 is 9.53 Å². The van der Waals surface area contributed by atoms with Crippen LogP contribution in [0.3, 0.4) is 0 Å². The van der Waals surface area contributed by atoms with Crippen molar-refractivity contribution in [3.05, 3.63) is 10.6 Å². The van der Waals surface area contributed by atoms with Crippen molar-refractivity contribution in [3.63, 3.8) is 0 Å². The van der Waals surface area contributed by atoms with E-state index in [1.807, 2.05) is 0 Å². The fourth-order valence-corrected chi connectivity index (χ4v) is 3.93. The third-order valence-corrected chi connectivity index (χ3v) is 5.13. The number of hydrogen-bond donors (Lipinski definition) is 2. The molecule has 21 heavy (non-hydrogen) atoms. The molecule has 6 heteroatoms. The number of nitrogens with one attached hydrogen (secondary N) is 2. The van der Waals surface area contributed by atoms with Crippen molar-refractivity contribution in [1.29, 1.82) is 0 Å². The average Bonchev–Trinajstić information content (AvgIpc) is 2.90. The number of aryl methyl sites for hydroxylation is 2. The molecule has 1 aliphatic carbocycles. The van der Waals surface area contributed by atoms with Crippen molar-refractivity contribution >= 4 is 22.4 Å². The summed E-state index contributed by atoms with van der Waals surface area (Å²) in [6.07, 6.45) is 7.44. The van der Waals surface area contributed by atoms with Crippen LogP contribution in [0.5, 0.6) is 0 Å². The molecule has 5 nitrogen and oxygen atoms in total.